The lowest BCUT2D eigenvalue weighted by Gasteiger charge is -2.32. The third-order valence-electron chi connectivity index (χ3n) is 8.70. The lowest BCUT2D eigenvalue weighted by Crippen LogP contribution is -2.52. The number of carbonyl (C=O) groups is 3. The van der Waals surface area contributed by atoms with Crippen LogP contribution in [0.5, 0.6) is 0 Å². The molecular formula is C33H37N4O4P. The molecule has 9 heteroatoms. The Kier molecular flexibility index (Phi) is 7.77. The molecule has 0 radical (unpaired) electrons. The fraction of sp³-hybridized carbons (Fsp3) is 0.364. The smallest absolute Gasteiger partial charge is 0.255 e. The predicted molar refractivity (Wildman–Crippen MR) is 165 cm³/mol. The number of likely N-dealkylation sites (tertiary alicyclic amines) is 1. The van der Waals surface area contributed by atoms with E-state index in [1.807, 2.05) is 30.3 Å². The number of hydrogen-bond acceptors (Lipinski definition) is 6. The van der Waals surface area contributed by atoms with Gasteiger partial charge in [-0.15, -0.1) is 0 Å². The van der Waals surface area contributed by atoms with E-state index in [4.69, 9.17) is 0 Å². The van der Waals surface area contributed by atoms with E-state index in [9.17, 15) is 18.9 Å². The summed E-state index contributed by atoms with van der Waals surface area (Å²) in [6, 6.07) is 21.9. The second-order valence-corrected chi connectivity index (χ2v) is 15.3. The molecule has 8 nitrogen and oxygen atoms in total. The van der Waals surface area contributed by atoms with Crippen molar-refractivity contribution in [2.75, 3.05) is 31.7 Å². The Morgan fingerprint density at radius 3 is 2.38 bits per heavy atom. The standard InChI is InChI=1S/C33H37N4O4P/c1-42(2,41)28-8-4-7-27(19-28)34-26-6-3-5-22(17-26)20-36-15-13-23(14-16-36)24-9-10-29-25(18-24)21-37(33(29)40)30-11-12-31(38)35-32(30)39/h3-10,17-19,23,30,34H,11-16,20-21H2,1-2H3,(H,35,38,39). The maximum Gasteiger partial charge on any atom is 0.255 e. The lowest BCUT2D eigenvalue weighted by molar-refractivity contribution is -0.136. The zero-order valence-electron chi connectivity index (χ0n) is 24.1. The third kappa shape index (κ3) is 6.06. The van der Waals surface area contributed by atoms with Crippen LogP contribution in [0.3, 0.4) is 0 Å². The van der Waals surface area contributed by atoms with Crippen molar-refractivity contribution >= 4 is 41.5 Å². The number of amides is 3. The van der Waals surface area contributed by atoms with Gasteiger partial charge < -0.3 is 14.8 Å². The van der Waals surface area contributed by atoms with E-state index in [1.54, 1.807) is 18.2 Å². The van der Waals surface area contributed by atoms with Crippen molar-refractivity contribution in [3.8, 4) is 0 Å². The summed E-state index contributed by atoms with van der Waals surface area (Å²) in [5.41, 5.74) is 6.09. The molecule has 0 aliphatic carbocycles. The van der Waals surface area contributed by atoms with Crippen LogP contribution in [-0.4, -0.2) is 60.0 Å². The molecule has 1 unspecified atom stereocenters. The number of imide groups is 1. The number of hydrogen-bond donors (Lipinski definition) is 2. The van der Waals surface area contributed by atoms with Gasteiger partial charge in [0.1, 0.15) is 13.2 Å². The van der Waals surface area contributed by atoms with Crippen molar-refractivity contribution in [3.63, 3.8) is 0 Å². The Labute approximate surface area is 246 Å². The summed E-state index contributed by atoms with van der Waals surface area (Å²) >= 11 is 0. The average Bonchev–Trinajstić information content (AvgIpc) is 3.28. The number of anilines is 2. The minimum Gasteiger partial charge on any atom is -0.355 e. The average molecular weight is 585 g/mol. The molecular weight excluding hydrogens is 547 g/mol. The van der Waals surface area contributed by atoms with E-state index in [0.29, 0.717) is 24.4 Å². The molecule has 0 saturated carbocycles. The van der Waals surface area contributed by atoms with Crippen molar-refractivity contribution in [1.82, 2.24) is 15.1 Å². The van der Waals surface area contributed by atoms with Crippen molar-refractivity contribution in [3.05, 3.63) is 89.0 Å². The molecule has 6 rings (SSSR count). The molecule has 3 aliphatic heterocycles. The number of carbonyl (C=O) groups excluding carboxylic acids is 3. The summed E-state index contributed by atoms with van der Waals surface area (Å²) in [4.78, 5) is 41.1. The summed E-state index contributed by atoms with van der Waals surface area (Å²) < 4.78 is 12.5. The molecule has 2 saturated heterocycles. The van der Waals surface area contributed by atoms with Crippen molar-refractivity contribution in [2.45, 2.75) is 50.7 Å². The molecule has 3 aromatic rings. The number of piperidine rings is 2. The van der Waals surface area contributed by atoms with E-state index in [2.05, 4.69) is 51.9 Å². The van der Waals surface area contributed by atoms with Gasteiger partial charge in [0.25, 0.3) is 5.91 Å². The molecule has 0 bridgehead atoms. The molecule has 1 atom stereocenters. The van der Waals surface area contributed by atoms with Crippen LogP contribution in [0, 0.1) is 0 Å². The molecule has 0 aromatic heterocycles. The van der Waals surface area contributed by atoms with Crippen LogP contribution in [0.1, 0.15) is 58.6 Å². The fourth-order valence-corrected chi connectivity index (χ4v) is 7.26. The topological polar surface area (TPSA) is 98.8 Å². The summed E-state index contributed by atoms with van der Waals surface area (Å²) in [6.07, 6.45) is 2.73. The zero-order valence-corrected chi connectivity index (χ0v) is 25.0. The molecule has 2 fully saturated rings. The number of benzene rings is 3. The summed E-state index contributed by atoms with van der Waals surface area (Å²) in [5.74, 6) is -0.341. The van der Waals surface area contributed by atoms with Crippen molar-refractivity contribution < 1.29 is 18.9 Å². The summed E-state index contributed by atoms with van der Waals surface area (Å²) in [6.45, 7) is 6.85. The van der Waals surface area contributed by atoms with Gasteiger partial charge in [-0.05, 0) is 98.6 Å². The van der Waals surface area contributed by atoms with E-state index >= 15 is 0 Å². The molecule has 0 spiro atoms. The molecule has 3 aromatic carbocycles. The molecule has 3 heterocycles. The Morgan fingerprint density at radius 1 is 0.905 bits per heavy atom. The highest BCUT2D eigenvalue weighted by Crippen LogP contribution is 2.36. The van der Waals surface area contributed by atoms with Crippen LogP contribution >= 0.6 is 7.14 Å². The van der Waals surface area contributed by atoms with Gasteiger partial charge in [-0.3, -0.25) is 24.6 Å². The van der Waals surface area contributed by atoms with Crippen molar-refractivity contribution in [1.29, 1.82) is 0 Å². The van der Waals surface area contributed by atoms with Gasteiger partial charge >= 0.3 is 0 Å². The van der Waals surface area contributed by atoms with Crippen LogP contribution in [0.2, 0.25) is 0 Å². The Hall–Kier alpha value is -3.74. The van der Waals surface area contributed by atoms with Crippen molar-refractivity contribution in [2.24, 2.45) is 0 Å². The fourth-order valence-electron chi connectivity index (χ4n) is 6.36. The monoisotopic (exact) mass is 584 g/mol. The first-order chi connectivity index (χ1) is 20.1. The SMILES string of the molecule is CP(C)(=O)c1cccc(Nc2cccc(CN3CCC(c4ccc5c(c4)CN(C4CCC(=O)NC4=O)C5=O)CC3)c2)c1. The van der Waals surface area contributed by atoms with Gasteiger partial charge in [-0.1, -0.05) is 36.4 Å². The van der Waals surface area contributed by atoms with E-state index in [1.165, 1.54) is 11.1 Å². The van der Waals surface area contributed by atoms with Gasteiger partial charge in [0, 0.05) is 41.8 Å². The minimum atomic E-state index is -2.32. The maximum absolute atomic E-state index is 13.0. The largest absolute Gasteiger partial charge is 0.355 e. The highest BCUT2D eigenvalue weighted by atomic mass is 31.2. The zero-order chi connectivity index (χ0) is 29.4. The first-order valence-electron chi connectivity index (χ1n) is 14.7. The Balaban J connectivity index is 1.05. The maximum atomic E-state index is 13.0. The number of nitrogens with zero attached hydrogens (tertiary/aromatic N) is 2. The molecule has 3 amide bonds. The minimum absolute atomic E-state index is 0.124. The van der Waals surface area contributed by atoms with Crippen LogP contribution in [0.4, 0.5) is 11.4 Å². The first-order valence-corrected chi connectivity index (χ1v) is 17.3. The van der Waals surface area contributed by atoms with E-state index in [0.717, 1.165) is 54.7 Å². The third-order valence-corrected chi connectivity index (χ3v) is 10.2. The van der Waals surface area contributed by atoms with Crippen LogP contribution < -0.4 is 15.9 Å². The number of fused-ring (bicyclic) bond motifs is 1. The predicted octanol–water partition coefficient (Wildman–Crippen LogP) is 4.82. The number of rotatable bonds is 7. The summed E-state index contributed by atoms with van der Waals surface area (Å²) in [5, 5.41) is 6.71. The van der Waals surface area contributed by atoms with Crippen LogP contribution in [0.15, 0.2) is 66.7 Å². The highest BCUT2D eigenvalue weighted by molar-refractivity contribution is 7.70. The van der Waals surface area contributed by atoms with E-state index in [-0.39, 0.29) is 24.1 Å². The van der Waals surface area contributed by atoms with E-state index < -0.39 is 13.2 Å². The highest BCUT2D eigenvalue weighted by Gasteiger charge is 2.39. The molecule has 218 valence electrons. The normalized spacial score (nSPS) is 20.0. The quantitative estimate of drug-likeness (QED) is 0.305. The van der Waals surface area contributed by atoms with Crippen LogP contribution in [-0.2, 0) is 27.2 Å². The second-order valence-electron chi connectivity index (χ2n) is 12.1. The van der Waals surface area contributed by atoms with Gasteiger partial charge in [0.05, 0.1) is 0 Å². The van der Waals surface area contributed by atoms with Crippen LogP contribution in [0.25, 0.3) is 0 Å². The van der Waals surface area contributed by atoms with Gasteiger partial charge in [0.15, 0.2) is 0 Å². The molecule has 42 heavy (non-hydrogen) atoms. The summed E-state index contributed by atoms with van der Waals surface area (Å²) in [7, 11) is -2.32. The first kappa shape index (κ1) is 28.4. The number of nitrogens with one attached hydrogen (secondary N) is 2. The second kappa shape index (κ2) is 11.5. The van der Waals surface area contributed by atoms with Gasteiger partial charge in [-0.2, -0.15) is 0 Å². The molecule has 2 N–H and O–H groups in total. The van der Waals surface area contributed by atoms with Gasteiger partial charge in [-0.25, -0.2) is 0 Å². The van der Waals surface area contributed by atoms with Gasteiger partial charge in [0.2, 0.25) is 11.8 Å². The molecule has 3 aliphatic rings. The Morgan fingerprint density at radius 2 is 1.64 bits per heavy atom. The Bertz CT molecular complexity index is 1590. The lowest BCUT2D eigenvalue weighted by atomic mass is 9.87.